The average molecular weight is 318 g/mol. The molecule has 0 aliphatic carbocycles. The number of carbonyl (C=O) groups excluding carboxylic acids is 1. The topological polar surface area (TPSA) is 20.3 Å². The molecule has 2 aliphatic heterocycles. The van der Waals surface area contributed by atoms with Gasteiger partial charge in [-0.25, -0.2) is 0 Å². The number of halogens is 2. The van der Waals surface area contributed by atoms with Gasteiger partial charge in [0.25, 0.3) is 5.91 Å². The molecule has 2 aromatic carbocycles. The smallest absolute Gasteiger partial charge is 0.254 e. The van der Waals surface area contributed by atoms with E-state index in [1.807, 2.05) is 11.0 Å². The maximum Gasteiger partial charge on any atom is 0.254 e. The van der Waals surface area contributed by atoms with Crippen LogP contribution in [0, 0.1) is 0 Å². The first-order chi connectivity index (χ1) is 10.1. The lowest BCUT2D eigenvalue weighted by molar-refractivity contribution is 0.0632. The maximum atomic E-state index is 12.8. The van der Waals surface area contributed by atoms with Gasteiger partial charge in [0.15, 0.2) is 0 Å². The molecule has 1 amide bonds. The highest BCUT2D eigenvalue weighted by atomic mass is 35.5. The summed E-state index contributed by atoms with van der Waals surface area (Å²) < 4.78 is 0. The van der Waals surface area contributed by atoms with Crippen LogP contribution in [0.25, 0.3) is 0 Å². The van der Waals surface area contributed by atoms with Crippen LogP contribution in [0.1, 0.15) is 33.1 Å². The zero-order chi connectivity index (χ0) is 14.6. The van der Waals surface area contributed by atoms with Crippen molar-refractivity contribution in [3.63, 3.8) is 0 Å². The van der Waals surface area contributed by atoms with Crippen molar-refractivity contribution >= 4 is 29.1 Å². The van der Waals surface area contributed by atoms with E-state index in [1.54, 1.807) is 12.1 Å². The van der Waals surface area contributed by atoms with Crippen molar-refractivity contribution in [1.29, 1.82) is 0 Å². The summed E-state index contributed by atoms with van der Waals surface area (Å²) >= 11 is 12.4. The Bertz CT molecular complexity index is 756. The molecule has 0 radical (unpaired) electrons. The van der Waals surface area contributed by atoms with E-state index in [9.17, 15) is 4.79 Å². The lowest BCUT2D eigenvalue weighted by Gasteiger charge is -2.41. The summed E-state index contributed by atoms with van der Waals surface area (Å²) in [5.41, 5.74) is 4.15. The minimum atomic E-state index is 0.0418. The number of rotatable bonds is 0. The van der Waals surface area contributed by atoms with Gasteiger partial charge in [0.2, 0.25) is 0 Å². The third-order valence-corrected chi connectivity index (χ3v) is 5.02. The minimum absolute atomic E-state index is 0.0418. The molecule has 0 fully saturated rings. The van der Waals surface area contributed by atoms with Gasteiger partial charge in [-0.1, -0.05) is 47.5 Å². The van der Waals surface area contributed by atoms with Crippen LogP contribution in [-0.4, -0.2) is 17.4 Å². The van der Waals surface area contributed by atoms with Gasteiger partial charge in [-0.2, -0.15) is 0 Å². The van der Waals surface area contributed by atoms with Crippen LogP contribution in [0.3, 0.4) is 0 Å². The van der Waals surface area contributed by atoms with E-state index in [4.69, 9.17) is 23.2 Å². The zero-order valence-electron chi connectivity index (χ0n) is 11.3. The van der Waals surface area contributed by atoms with E-state index < -0.39 is 0 Å². The zero-order valence-corrected chi connectivity index (χ0v) is 12.8. The van der Waals surface area contributed by atoms with Crippen LogP contribution in [0.4, 0.5) is 0 Å². The highest BCUT2D eigenvalue weighted by Gasteiger charge is 2.37. The molecule has 0 unspecified atom stereocenters. The standard InChI is InChI=1S/C17H13Cl2NO/c18-11-7-14-13(15(19)8-11)9-16-12-4-2-1-3-10(12)5-6-20(16)17(14)21/h1-4,7-8,16H,5-6,9H2/t16-/m0/s1. The summed E-state index contributed by atoms with van der Waals surface area (Å²) in [6.45, 7) is 0.754. The molecule has 2 aliphatic rings. The van der Waals surface area contributed by atoms with E-state index in [-0.39, 0.29) is 11.9 Å². The van der Waals surface area contributed by atoms with Gasteiger partial charge in [-0.15, -0.1) is 0 Å². The highest BCUT2D eigenvalue weighted by molar-refractivity contribution is 6.36. The molecule has 2 aromatic rings. The van der Waals surface area contributed by atoms with Crippen molar-refractivity contribution in [3.05, 3.63) is 68.7 Å². The van der Waals surface area contributed by atoms with Crippen LogP contribution in [0.5, 0.6) is 0 Å². The molecule has 21 heavy (non-hydrogen) atoms. The number of amides is 1. The van der Waals surface area contributed by atoms with Crippen molar-refractivity contribution in [3.8, 4) is 0 Å². The third kappa shape index (κ3) is 1.97. The van der Waals surface area contributed by atoms with Crippen LogP contribution in [0.15, 0.2) is 36.4 Å². The Morgan fingerprint density at radius 1 is 1.14 bits per heavy atom. The Morgan fingerprint density at radius 3 is 2.81 bits per heavy atom. The van der Waals surface area contributed by atoms with Crippen molar-refractivity contribution in [2.24, 2.45) is 0 Å². The third-order valence-electron chi connectivity index (χ3n) is 4.46. The molecule has 0 saturated carbocycles. The summed E-state index contributed by atoms with van der Waals surface area (Å²) in [7, 11) is 0. The fourth-order valence-corrected chi connectivity index (χ4v) is 4.04. The summed E-state index contributed by atoms with van der Waals surface area (Å²) in [6.07, 6.45) is 1.66. The first kappa shape index (κ1) is 13.2. The normalized spacial score (nSPS) is 19.8. The van der Waals surface area contributed by atoms with E-state index >= 15 is 0 Å². The second-order valence-corrected chi connectivity index (χ2v) is 6.42. The summed E-state index contributed by atoms with van der Waals surface area (Å²) in [5, 5.41) is 1.11. The number of benzene rings is 2. The predicted molar refractivity (Wildman–Crippen MR) is 84.1 cm³/mol. The molecule has 0 saturated heterocycles. The van der Waals surface area contributed by atoms with Gasteiger partial charge in [0.1, 0.15) is 0 Å². The summed E-state index contributed by atoms with van der Waals surface area (Å²) in [5.74, 6) is 0.0418. The number of hydrogen-bond donors (Lipinski definition) is 0. The first-order valence-corrected chi connectivity index (χ1v) is 7.77. The average Bonchev–Trinajstić information content (AvgIpc) is 2.48. The Balaban J connectivity index is 1.88. The van der Waals surface area contributed by atoms with Crippen molar-refractivity contribution < 1.29 is 4.79 Å². The highest BCUT2D eigenvalue weighted by Crippen LogP contribution is 2.40. The number of carbonyl (C=O) groups is 1. The molecule has 1 atom stereocenters. The molecule has 0 bridgehead atoms. The Morgan fingerprint density at radius 2 is 1.95 bits per heavy atom. The van der Waals surface area contributed by atoms with E-state index in [2.05, 4.69) is 18.2 Å². The van der Waals surface area contributed by atoms with Gasteiger partial charge >= 0.3 is 0 Å². The largest absolute Gasteiger partial charge is 0.331 e. The van der Waals surface area contributed by atoms with E-state index in [0.717, 1.165) is 24.9 Å². The van der Waals surface area contributed by atoms with E-state index in [1.165, 1.54) is 11.1 Å². The van der Waals surface area contributed by atoms with Gasteiger partial charge in [0.05, 0.1) is 6.04 Å². The maximum absolute atomic E-state index is 12.8. The molecule has 2 heterocycles. The van der Waals surface area contributed by atoms with Gasteiger partial charge in [-0.05, 0) is 41.7 Å². The van der Waals surface area contributed by atoms with Crippen molar-refractivity contribution in [1.82, 2.24) is 4.90 Å². The number of hydrogen-bond acceptors (Lipinski definition) is 1. The van der Waals surface area contributed by atoms with Crippen molar-refractivity contribution in [2.75, 3.05) is 6.54 Å². The van der Waals surface area contributed by atoms with E-state index in [0.29, 0.717) is 15.6 Å². The minimum Gasteiger partial charge on any atom is -0.331 e. The molecule has 4 heteroatoms. The Hall–Kier alpha value is -1.51. The Labute approximate surface area is 133 Å². The monoisotopic (exact) mass is 317 g/mol. The molecular formula is C17H13Cl2NO. The van der Waals surface area contributed by atoms with Crippen LogP contribution in [0.2, 0.25) is 10.0 Å². The molecule has 0 spiro atoms. The molecule has 0 N–H and O–H groups in total. The summed E-state index contributed by atoms with van der Waals surface area (Å²) in [6, 6.07) is 11.9. The molecule has 4 rings (SSSR count). The Kier molecular flexibility index (Phi) is 2.98. The van der Waals surface area contributed by atoms with Gasteiger partial charge in [0, 0.05) is 22.2 Å². The van der Waals surface area contributed by atoms with Gasteiger partial charge in [-0.3, -0.25) is 4.79 Å². The quantitative estimate of drug-likeness (QED) is 0.709. The van der Waals surface area contributed by atoms with Crippen LogP contribution in [-0.2, 0) is 12.8 Å². The van der Waals surface area contributed by atoms with Gasteiger partial charge < -0.3 is 4.90 Å². The fraction of sp³-hybridized carbons (Fsp3) is 0.235. The molecule has 0 aromatic heterocycles. The second-order valence-electron chi connectivity index (χ2n) is 5.58. The number of fused-ring (bicyclic) bond motifs is 4. The molecule has 106 valence electrons. The lowest BCUT2D eigenvalue weighted by atomic mass is 9.84. The second kappa shape index (κ2) is 4.75. The fourth-order valence-electron chi connectivity index (χ4n) is 3.46. The van der Waals surface area contributed by atoms with Crippen molar-refractivity contribution in [2.45, 2.75) is 18.9 Å². The predicted octanol–water partition coefficient (Wildman–Crippen LogP) is 4.29. The summed E-state index contributed by atoms with van der Waals surface area (Å²) in [4.78, 5) is 14.7. The lowest BCUT2D eigenvalue weighted by Crippen LogP contribution is -2.44. The van der Waals surface area contributed by atoms with Crippen LogP contribution >= 0.6 is 23.2 Å². The molecule has 2 nitrogen and oxygen atoms in total. The number of nitrogens with zero attached hydrogens (tertiary/aromatic N) is 1. The molecular weight excluding hydrogens is 305 g/mol. The first-order valence-electron chi connectivity index (χ1n) is 7.02. The SMILES string of the molecule is O=C1c2cc(Cl)cc(Cl)c2C[C@H]2c3ccccc3CCN12. The van der Waals surface area contributed by atoms with Crippen LogP contribution < -0.4 is 0 Å².